The van der Waals surface area contributed by atoms with E-state index in [4.69, 9.17) is 10.5 Å². The van der Waals surface area contributed by atoms with Gasteiger partial charge in [-0.1, -0.05) is 37.5 Å². The van der Waals surface area contributed by atoms with Crippen molar-refractivity contribution >= 4 is 28.7 Å². The van der Waals surface area contributed by atoms with Crippen LogP contribution in [-0.2, 0) is 11.2 Å². The number of hydrogen-bond donors (Lipinski definition) is 3. The van der Waals surface area contributed by atoms with Gasteiger partial charge in [0, 0.05) is 5.69 Å². The van der Waals surface area contributed by atoms with Crippen LogP contribution in [0.25, 0.3) is 11.2 Å². The number of imidazole rings is 1. The molecule has 3 aromatic rings. The van der Waals surface area contributed by atoms with Crippen LogP contribution in [0.5, 0.6) is 5.88 Å². The predicted octanol–water partition coefficient (Wildman–Crippen LogP) is 3.08. The lowest BCUT2D eigenvalue weighted by Gasteiger charge is -2.21. The summed E-state index contributed by atoms with van der Waals surface area (Å²) in [4.78, 5) is 27.6. The van der Waals surface area contributed by atoms with Gasteiger partial charge in [0.05, 0.1) is 19.4 Å². The minimum absolute atomic E-state index is 0.138. The number of carbonyl (C=O) groups excluding carboxylic acids is 1. The normalized spacial score (nSPS) is 14.9. The van der Waals surface area contributed by atoms with Crippen molar-refractivity contribution in [1.82, 2.24) is 19.9 Å². The molecule has 4 N–H and O–H groups in total. The lowest BCUT2D eigenvalue weighted by molar-refractivity contribution is -0.117. The Morgan fingerprint density at radius 1 is 1.21 bits per heavy atom. The smallest absolute Gasteiger partial charge is 0.245 e. The highest BCUT2D eigenvalue weighted by Crippen LogP contribution is 2.28. The molecule has 1 aliphatic rings. The van der Waals surface area contributed by atoms with Crippen LogP contribution in [0.3, 0.4) is 0 Å². The fraction of sp³-hybridized carbons (Fsp3) is 0.400. The molecule has 146 valence electrons. The predicted molar refractivity (Wildman–Crippen MR) is 106 cm³/mol. The second kappa shape index (κ2) is 8.24. The molecule has 28 heavy (non-hydrogen) atoms. The second-order valence-corrected chi connectivity index (χ2v) is 7.19. The van der Waals surface area contributed by atoms with E-state index < -0.39 is 5.91 Å². The molecule has 0 atom stereocenters. The van der Waals surface area contributed by atoms with Gasteiger partial charge < -0.3 is 20.8 Å². The molecule has 1 aromatic carbocycles. The summed E-state index contributed by atoms with van der Waals surface area (Å²) in [6.07, 6.45) is 7.96. The van der Waals surface area contributed by atoms with Crippen LogP contribution in [0.15, 0.2) is 30.6 Å². The highest BCUT2D eigenvalue weighted by Gasteiger charge is 2.17. The molecule has 8 nitrogen and oxygen atoms in total. The van der Waals surface area contributed by atoms with E-state index in [1.54, 1.807) is 6.33 Å². The third kappa shape index (κ3) is 4.21. The average molecular weight is 380 g/mol. The average Bonchev–Trinajstić information content (AvgIpc) is 3.17. The Morgan fingerprint density at radius 3 is 2.86 bits per heavy atom. The van der Waals surface area contributed by atoms with Gasteiger partial charge in [-0.25, -0.2) is 4.98 Å². The lowest BCUT2D eigenvalue weighted by atomic mass is 9.90. The first-order valence-corrected chi connectivity index (χ1v) is 9.66. The molecule has 2 aromatic heterocycles. The molecular weight excluding hydrogens is 356 g/mol. The number of benzene rings is 1. The number of carbonyl (C=O) groups is 1. The molecule has 4 rings (SSSR count). The van der Waals surface area contributed by atoms with Crippen molar-refractivity contribution in [1.29, 1.82) is 0 Å². The summed E-state index contributed by atoms with van der Waals surface area (Å²) in [5, 5.41) is 3.17. The van der Waals surface area contributed by atoms with E-state index in [1.807, 2.05) is 24.3 Å². The number of rotatable bonds is 7. The maximum absolute atomic E-state index is 11.3. The SMILES string of the molecule is NC(=O)Cc1ccccc1Nc1nc(OCC2CCCCC2)c2[nH]cnc2n1. The van der Waals surface area contributed by atoms with Crippen LogP contribution in [-0.4, -0.2) is 32.4 Å². The van der Waals surface area contributed by atoms with Crippen LogP contribution < -0.4 is 15.8 Å². The Labute approximate surface area is 162 Å². The van der Waals surface area contributed by atoms with Crippen molar-refractivity contribution in [3.05, 3.63) is 36.2 Å². The standard InChI is InChI=1S/C20H24N6O2/c21-16(27)10-14-8-4-5-9-15(14)24-20-25-18-17(22-12-23-18)19(26-20)28-11-13-6-2-1-3-7-13/h4-5,8-9,12-13H,1-3,6-7,10-11H2,(H2,21,27)(H2,22,23,24,25,26). The van der Waals surface area contributed by atoms with Crippen LogP contribution >= 0.6 is 0 Å². The fourth-order valence-corrected chi connectivity index (χ4v) is 3.62. The topological polar surface area (TPSA) is 119 Å². The summed E-state index contributed by atoms with van der Waals surface area (Å²) < 4.78 is 6.05. The van der Waals surface area contributed by atoms with Crippen LogP contribution in [0.4, 0.5) is 11.6 Å². The van der Waals surface area contributed by atoms with Crippen molar-refractivity contribution in [3.8, 4) is 5.88 Å². The first-order valence-electron chi connectivity index (χ1n) is 9.66. The number of nitrogens with zero attached hydrogens (tertiary/aromatic N) is 3. The summed E-state index contributed by atoms with van der Waals surface area (Å²) in [6, 6.07) is 7.44. The number of primary amides is 1. The van der Waals surface area contributed by atoms with Crippen molar-refractivity contribution < 1.29 is 9.53 Å². The maximum atomic E-state index is 11.3. The number of aromatic nitrogens is 4. The molecule has 1 fully saturated rings. The molecule has 0 unspecified atom stereocenters. The molecule has 0 radical (unpaired) electrons. The number of fused-ring (bicyclic) bond motifs is 1. The largest absolute Gasteiger partial charge is 0.476 e. The van der Waals surface area contributed by atoms with Gasteiger partial charge >= 0.3 is 0 Å². The van der Waals surface area contributed by atoms with Gasteiger partial charge in [0.2, 0.25) is 17.7 Å². The van der Waals surface area contributed by atoms with Gasteiger partial charge in [-0.3, -0.25) is 4.79 Å². The Bertz CT molecular complexity index is 964. The number of ether oxygens (including phenoxy) is 1. The van der Waals surface area contributed by atoms with Crippen LogP contribution in [0.1, 0.15) is 37.7 Å². The molecule has 0 aliphatic heterocycles. The van der Waals surface area contributed by atoms with E-state index in [9.17, 15) is 4.79 Å². The number of anilines is 2. The van der Waals surface area contributed by atoms with Crippen molar-refractivity contribution in [2.75, 3.05) is 11.9 Å². The third-order valence-corrected chi connectivity index (χ3v) is 5.06. The van der Waals surface area contributed by atoms with Gasteiger partial charge in [-0.2, -0.15) is 9.97 Å². The van der Waals surface area contributed by atoms with E-state index in [-0.39, 0.29) is 6.42 Å². The summed E-state index contributed by atoms with van der Waals surface area (Å²) >= 11 is 0. The zero-order valence-corrected chi connectivity index (χ0v) is 15.6. The van der Waals surface area contributed by atoms with Gasteiger partial charge in [0.1, 0.15) is 5.52 Å². The molecule has 2 heterocycles. The van der Waals surface area contributed by atoms with E-state index in [2.05, 4.69) is 25.3 Å². The number of aromatic amines is 1. The number of para-hydroxylation sites is 1. The Balaban J connectivity index is 1.57. The monoisotopic (exact) mass is 380 g/mol. The maximum Gasteiger partial charge on any atom is 0.245 e. The Morgan fingerprint density at radius 2 is 2.04 bits per heavy atom. The van der Waals surface area contributed by atoms with Crippen molar-refractivity contribution in [2.24, 2.45) is 11.7 Å². The van der Waals surface area contributed by atoms with Crippen LogP contribution in [0.2, 0.25) is 0 Å². The fourth-order valence-electron chi connectivity index (χ4n) is 3.62. The van der Waals surface area contributed by atoms with Crippen molar-refractivity contribution in [3.63, 3.8) is 0 Å². The third-order valence-electron chi connectivity index (χ3n) is 5.06. The first-order chi connectivity index (χ1) is 13.7. The zero-order chi connectivity index (χ0) is 19.3. The Hall–Kier alpha value is -3.16. The van der Waals surface area contributed by atoms with E-state index in [0.29, 0.717) is 35.5 Å². The highest BCUT2D eigenvalue weighted by atomic mass is 16.5. The summed E-state index contributed by atoms with van der Waals surface area (Å²) in [5.41, 5.74) is 8.08. The molecule has 8 heteroatoms. The van der Waals surface area contributed by atoms with E-state index >= 15 is 0 Å². The molecule has 1 saturated carbocycles. The number of nitrogens with one attached hydrogen (secondary N) is 2. The minimum atomic E-state index is -0.394. The number of amides is 1. The van der Waals surface area contributed by atoms with Gasteiger partial charge in [-0.05, 0) is 30.4 Å². The van der Waals surface area contributed by atoms with Crippen molar-refractivity contribution in [2.45, 2.75) is 38.5 Å². The molecule has 1 aliphatic carbocycles. The molecule has 0 spiro atoms. The number of nitrogens with two attached hydrogens (primary N) is 1. The minimum Gasteiger partial charge on any atom is -0.476 e. The highest BCUT2D eigenvalue weighted by molar-refractivity contribution is 5.80. The second-order valence-electron chi connectivity index (χ2n) is 7.19. The van der Waals surface area contributed by atoms with Crippen LogP contribution in [0, 0.1) is 5.92 Å². The van der Waals surface area contributed by atoms with E-state index in [0.717, 1.165) is 11.3 Å². The molecule has 1 amide bonds. The van der Waals surface area contributed by atoms with Gasteiger partial charge in [0.15, 0.2) is 5.65 Å². The number of hydrogen-bond acceptors (Lipinski definition) is 6. The zero-order valence-electron chi connectivity index (χ0n) is 15.6. The van der Waals surface area contributed by atoms with Gasteiger partial charge in [0.25, 0.3) is 0 Å². The summed E-state index contributed by atoms with van der Waals surface area (Å²) in [7, 11) is 0. The Kier molecular flexibility index (Phi) is 5.36. The summed E-state index contributed by atoms with van der Waals surface area (Å²) in [5.74, 6) is 1.03. The molecule has 0 bridgehead atoms. The molecule has 0 saturated heterocycles. The van der Waals surface area contributed by atoms with E-state index in [1.165, 1.54) is 32.1 Å². The molecular formula is C20H24N6O2. The summed E-state index contributed by atoms with van der Waals surface area (Å²) in [6.45, 7) is 0.642. The lowest BCUT2D eigenvalue weighted by Crippen LogP contribution is -2.16. The number of H-pyrrole nitrogens is 1. The first kappa shape index (κ1) is 18.2. The van der Waals surface area contributed by atoms with Gasteiger partial charge in [-0.15, -0.1) is 0 Å². The quantitative estimate of drug-likeness (QED) is 0.579.